The maximum Gasteiger partial charge on any atom is 0.325 e. The van der Waals surface area contributed by atoms with E-state index in [4.69, 9.17) is 15.6 Å². The zero-order chi connectivity index (χ0) is 12.3. The summed E-state index contributed by atoms with van der Waals surface area (Å²) >= 11 is 0. The number of hydrogen-bond acceptors (Lipinski definition) is 4. The lowest BCUT2D eigenvalue weighted by Crippen LogP contribution is -2.37. The van der Waals surface area contributed by atoms with Gasteiger partial charge in [-0.15, -0.1) is 0 Å². The van der Waals surface area contributed by atoms with Crippen LogP contribution in [0.3, 0.4) is 0 Å². The molecule has 1 aromatic carbocycles. The van der Waals surface area contributed by atoms with Crippen LogP contribution in [0.15, 0.2) is 24.3 Å². The van der Waals surface area contributed by atoms with Gasteiger partial charge in [0.15, 0.2) is 0 Å². The van der Waals surface area contributed by atoms with Gasteiger partial charge in [-0.3, -0.25) is 4.79 Å². The molecule has 1 fully saturated rings. The lowest BCUT2D eigenvalue weighted by atomic mass is 10.0. The van der Waals surface area contributed by atoms with E-state index in [0.29, 0.717) is 18.8 Å². The lowest BCUT2D eigenvalue weighted by Gasteiger charge is -2.31. The Morgan fingerprint density at radius 2 is 2.00 bits per heavy atom. The standard InChI is InChI=1S/C12H16N2O3/c13-11(12(15)16)9-3-1-2-4-10(9)14-5-7-17-8-6-14/h1-4,11H,5-8,13H2,(H,15,16). The third kappa shape index (κ3) is 2.57. The Hall–Kier alpha value is -1.59. The van der Waals surface area contributed by atoms with Crippen LogP contribution in [0.5, 0.6) is 0 Å². The number of nitrogens with two attached hydrogens (primary N) is 1. The molecule has 17 heavy (non-hydrogen) atoms. The fourth-order valence-corrected chi connectivity index (χ4v) is 1.98. The number of ether oxygens (including phenoxy) is 1. The highest BCUT2D eigenvalue weighted by atomic mass is 16.5. The molecule has 1 aromatic rings. The third-order valence-corrected chi connectivity index (χ3v) is 2.89. The number of carboxylic acids is 1. The molecule has 1 aliphatic rings. The second-order valence-electron chi connectivity index (χ2n) is 3.97. The van der Waals surface area contributed by atoms with Crippen molar-refractivity contribution in [2.45, 2.75) is 6.04 Å². The highest BCUT2D eigenvalue weighted by molar-refractivity contribution is 5.78. The molecule has 92 valence electrons. The molecule has 0 aromatic heterocycles. The number of aliphatic carboxylic acids is 1. The molecule has 1 aliphatic heterocycles. The summed E-state index contributed by atoms with van der Waals surface area (Å²) in [6, 6.07) is 6.40. The normalized spacial score (nSPS) is 17.8. The minimum atomic E-state index is -1.01. The number of carboxylic acid groups (broad SMARTS) is 1. The first kappa shape index (κ1) is 11.9. The van der Waals surface area contributed by atoms with E-state index >= 15 is 0 Å². The quantitative estimate of drug-likeness (QED) is 0.804. The van der Waals surface area contributed by atoms with Crippen molar-refractivity contribution in [1.29, 1.82) is 0 Å². The number of para-hydroxylation sites is 1. The van der Waals surface area contributed by atoms with Gasteiger partial charge in [0.2, 0.25) is 0 Å². The number of rotatable bonds is 3. The van der Waals surface area contributed by atoms with Crippen LogP contribution in [0.1, 0.15) is 11.6 Å². The summed E-state index contributed by atoms with van der Waals surface area (Å²) in [6.45, 7) is 2.86. The first-order valence-corrected chi connectivity index (χ1v) is 5.60. The molecule has 1 heterocycles. The SMILES string of the molecule is NC(C(=O)O)c1ccccc1N1CCOCC1. The van der Waals surface area contributed by atoms with Crippen LogP contribution in [-0.4, -0.2) is 37.4 Å². The van der Waals surface area contributed by atoms with Crippen LogP contribution < -0.4 is 10.6 Å². The molecule has 0 radical (unpaired) electrons. The average molecular weight is 236 g/mol. The summed E-state index contributed by atoms with van der Waals surface area (Å²) < 4.78 is 5.28. The molecule has 0 amide bonds. The summed E-state index contributed by atoms with van der Waals surface area (Å²) in [4.78, 5) is 13.1. The summed E-state index contributed by atoms with van der Waals surface area (Å²) in [5, 5.41) is 8.99. The predicted octanol–water partition coefficient (Wildman–Crippen LogP) is 0.608. The molecule has 0 saturated carbocycles. The van der Waals surface area contributed by atoms with Crippen LogP contribution in [-0.2, 0) is 9.53 Å². The molecule has 1 atom stereocenters. The van der Waals surface area contributed by atoms with Crippen molar-refractivity contribution >= 4 is 11.7 Å². The van der Waals surface area contributed by atoms with Gasteiger partial charge in [0.25, 0.3) is 0 Å². The molecule has 5 heteroatoms. The molecular weight excluding hydrogens is 220 g/mol. The van der Waals surface area contributed by atoms with Crippen molar-refractivity contribution in [2.24, 2.45) is 5.73 Å². The second-order valence-corrected chi connectivity index (χ2v) is 3.97. The molecule has 5 nitrogen and oxygen atoms in total. The highest BCUT2D eigenvalue weighted by Gasteiger charge is 2.21. The van der Waals surface area contributed by atoms with Crippen LogP contribution in [0.2, 0.25) is 0 Å². The summed E-state index contributed by atoms with van der Waals surface area (Å²) in [5.74, 6) is -1.01. The summed E-state index contributed by atoms with van der Waals surface area (Å²) in [5.41, 5.74) is 7.24. The number of hydrogen-bond donors (Lipinski definition) is 2. The number of benzene rings is 1. The minimum absolute atomic E-state index is 0.655. The van der Waals surface area contributed by atoms with Crippen molar-refractivity contribution in [2.75, 3.05) is 31.2 Å². The van der Waals surface area contributed by atoms with Gasteiger partial charge in [-0.25, -0.2) is 0 Å². The molecule has 3 N–H and O–H groups in total. The molecule has 1 saturated heterocycles. The first-order chi connectivity index (χ1) is 8.20. The highest BCUT2D eigenvalue weighted by Crippen LogP contribution is 2.25. The molecule has 0 aliphatic carbocycles. The van der Waals surface area contributed by atoms with E-state index in [2.05, 4.69) is 4.90 Å². The summed E-state index contributed by atoms with van der Waals surface area (Å²) in [6.07, 6.45) is 0. The minimum Gasteiger partial charge on any atom is -0.480 e. The second kappa shape index (κ2) is 5.16. The number of nitrogens with zero attached hydrogens (tertiary/aromatic N) is 1. The number of anilines is 1. The van der Waals surface area contributed by atoms with Crippen molar-refractivity contribution in [3.63, 3.8) is 0 Å². The van der Waals surface area contributed by atoms with Crippen LogP contribution in [0.4, 0.5) is 5.69 Å². The lowest BCUT2D eigenvalue weighted by molar-refractivity contribution is -0.138. The fourth-order valence-electron chi connectivity index (χ4n) is 1.98. The maximum atomic E-state index is 11.0. The van der Waals surface area contributed by atoms with Gasteiger partial charge in [0.1, 0.15) is 6.04 Å². The van der Waals surface area contributed by atoms with E-state index < -0.39 is 12.0 Å². The molecule has 1 unspecified atom stereocenters. The maximum absolute atomic E-state index is 11.0. The monoisotopic (exact) mass is 236 g/mol. The fraction of sp³-hybridized carbons (Fsp3) is 0.417. The van der Waals surface area contributed by atoms with Crippen molar-refractivity contribution < 1.29 is 14.6 Å². The van der Waals surface area contributed by atoms with Crippen molar-refractivity contribution in [1.82, 2.24) is 0 Å². The Bertz CT molecular complexity index is 402. The smallest absolute Gasteiger partial charge is 0.325 e. The number of carbonyl (C=O) groups is 1. The Balaban J connectivity index is 2.29. The zero-order valence-corrected chi connectivity index (χ0v) is 9.50. The van der Waals surface area contributed by atoms with Gasteiger partial charge in [-0.2, -0.15) is 0 Å². The molecule has 0 spiro atoms. The Morgan fingerprint density at radius 1 is 1.35 bits per heavy atom. The largest absolute Gasteiger partial charge is 0.480 e. The van der Waals surface area contributed by atoms with E-state index in [9.17, 15) is 4.79 Å². The Labute approximate surface area is 99.8 Å². The van der Waals surface area contributed by atoms with Crippen LogP contribution in [0.25, 0.3) is 0 Å². The molecular formula is C12H16N2O3. The third-order valence-electron chi connectivity index (χ3n) is 2.89. The van der Waals surface area contributed by atoms with E-state index in [1.807, 2.05) is 18.2 Å². The Morgan fingerprint density at radius 3 is 2.65 bits per heavy atom. The van der Waals surface area contributed by atoms with Gasteiger partial charge < -0.3 is 20.5 Å². The van der Waals surface area contributed by atoms with E-state index in [0.717, 1.165) is 18.8 Å². The topological polar surface area (TPSA) is 75.8 Å². The molecule has 0 bridgehead atoms. The molecule has 2 rings (SSSR count). The average Bonchev–Trinajstić information content (AvgIpc) is 2.39. The predicted molar refractivity (Wildman–Crippen MR) is 64.0 cm³/mol. The van der Waals surface area contributed by atoms with E-state index in [-0.39, 0.29) is 0 Å². The zero-order valence-electron chi connectivity index (χ0n) is 9.50. The van der Waals surface area contributed by atoms with Gasteiger partial charge in [0.05, 0.1) is 13.2 Å². The van der Waals surface area contributed by atoms with Gasteiger partial charge in [-0.1, -0.05) is 18.2 Å². The van der Waals surface area contributed by atoms with Gasteiger partial charge in [-0.05, 0) is 6.07 Å². The van der Waals surface area contributed by atoms with E-state index in [1.165, 1.54) is 0 Å². The first-order valence-electron chi connectivity index (χ1n) is 5.60. The van der Waals surface area contributed by atoms with E-state index in [1.54, 1.807) is 6.07 Å². The number of morpholine rings is 1. The van der Waals surface area contributed by atoms with Crippen molar-refractivity contribution in [3.05, 3.63) is 29.8 Å². The van der Waals surface area contributed by atoms with Crippen molar-refractivity contribution in [3.8, 4) is 0 Å². The van der Waals surface area contributed by atoms with Crippen LogP contribution >= 0.6 is 0 Å². The summed E-state index contributed by atoms with van der Waals surface area (Å²) in [7, 11) is 0. The van der Waals surface area contributed by atoms with Crippen LogP contribution in [0, 0.1) is 0 Å². The van der Waals surface area contributed by atoms with Gasteiger partial charge in [0, 0.05) is 24.3 Å². The Kier molecular flexibility index (Phi) is 3.61. The van der Waals surface area contributed by atoms with Gasteiger partial charge >= 0.3 is 5.97 Å².